The van der Waals surface area contributed by atoms with E-state index >= 15 is 0 Å². The molecular weight excluding hydrogens is 1230 g/mol. The van der Waals surface area contributed by atoms with Crippen LogP contribution in [0.1, 0.15) is 290 Å². The summed E-state index contributed by atoms with van der Waals surface area (Å²) in [6.07, 6.45) is 45.8. The standard InChI is InChI=1S/C77H139NO18/c1-3-5-7-9-11-13-15-17-19-21-23-25-27-29-31-32-34-36-38-40-42-44-46-48-50-52-54-61(82)60(78-65(83)55-53-51-49-47-45-43-41-39-37-35-33-30-28-26-24-22-20-18-16-14-12-10-8-6-4-2)59-91-75-71(89)68(86)73(63(57-80)93-75)96-77-72(90)69(87)74(64(58-81)94-77)95-76-70(88)67(85)66(84)62(56-79)92-76/h6,8,12,14,18,20,24,26,30,33,60-64,66-77,79-82,84-90H,3-5,7,9-11,13,15-17,19,21-23,25,27-29,31-32,34-59H2,1-2H3,(H,78,83)/b8-6-,14-12-,20-18-,26-24-,33-30-. The second kappa shape index (κ2) is 58.0. The van der Waals surface area contributed by atoms with Gasteiger partial charge in [0.1, 0.15) is 73.2 Å². The summed E-state index contributed by atoms with van der Waals surface area (Å²) in [6.45, 7) is 1.71. The van der Waals surface area contributed by atoms with Crippen LogP contribution in [0.5, 0.6) is 0 Å². The van der Waals surface area contributed by atoms with Crippen LogP contribution >= 0.6 is 0 Å². The molecule has 12 N–H and O–H groups in total. The molecule has 0 radical (unpaired) electrons. The molecule has 3 saturated heterocycles. The molecule has 3 heterocycles. The van der Waals surface area contributed by atoms with E-state index in [0.717, 1.165) is 89.9 Å². The van der Waals surface area contributed by atoms with Gasteiger partial charge in [-0.2, -0.15) is 0 Å². The van der Waals surface area contributed by atoms with Crippen LogP contribution in [0, 0.1) is 0 Å². The minimum absolute atomic E-state index is 0.248. The molecule has 0 spiro atoms. The fourth-order valence-electron chi connectivity index (χ4n) is 12.9. The predicted octanol–water partition coefficient (Wildman–Crippen LogP) is 11.9. The highest BCUT2D eigenvalue weighted by molar-refractivity contribution is 5.76. The first kappa shape index (κ1) is 87.7. The molecule has 17 atom stereocenters. The molecule has 1 amide bonds. The molecule has 0 aliphatic carbocycles. The predicted molar refractivity (Wildman–Crippen MR) is 379 cm³/mol. The highest BCUT2D eigenvalue weighted by Crippen LogP contribution is 2.33. The van der Waals surface area contributed by atoms with Crippen molar-refractivity contribution in [2.75, 3.05) is 26.4 Å². The maximum atomic E-state index is 13.5. The number of carbonyl (C=O) groups is 1. The number of rotatable bonds is 60. The Hall–Kier alpha value is -2.51. The summed E-state index contributed by atoms with van der Waals surface area (Å²) in [5.41, 5.74) is 0. The lowest BCUT2D eigenvalue weighted by atomic mass is 9.96. The maximum Gasteiger partial charge on any atom is 0.220 e. The maximum absolute atomic E-state index is 13.5. The molecule has 0 aromatic heterocycles. The molecule has 3 fully saturated rings. The van der Waals surface area contributed by atoms with E-state index in [2.05, 4.69) is 79.9 Å². The van der Waals surface area contributed by atoms with Crippen LogP contribution < -0.4 is 5.32 Å². The minimum atomic E-state index is -1.98. The van der Waals surface area contributed by atoms with Crippen LogP contribution in [0.25, 0.3) is 0 Å². The molecule has 0 aromatic rings. The Kier molecular flexibility index (Phi) is 53.0. The van der Waals surface area contributed by atoms with Crippen molar-refractivity contribution in [2.45, 2.75) is 394 Å². The van der Waals surface area contributed by atoms with Crippen molar-refractivity contribution >= 4 is 5.91 Å². The molecule has 3 rings (SSSR count). The van der Waals surface area contributed by atoms with Crippen LogP contribution in [-0.2, 0) is 33.2 Å². The zero-order valence-electron chi connectivity index (χ0n) is 59.6. The highest BCUT2D eigenvalue weighted by atomic mass is 16.8. The van der Waals surface area contributed by atoms with Gasteiger partial charge < -0.3 is 89.9 Å². The molecule has 3 aliphatic rings. The molecule has 19 heteroatoms. The number of allylic oxidation sites excluding steroid dienone is 10. The van der Waals surface area contributed by atoms with Gasteiger partial charge >= 0.3 is 0 Å². The minimum Gasteiger partial charge on any atom is -0.394 e. The quantitative estimate of drug-likeness (QED) is 0.0199. The highest BCUT2D eigenvalue weighted by Gasteiger charge is 2.53. The number of aliphatic hydroxyl groups excluding tert-OH is 11. The van der Waals surface area contributed by atoms with Crippen molar-refractivity contribution in [2.24, 2.45) is 0 Å². The topological polar surface area (TPSA) is 307 Å². The number of hydrogen-bond donors (Lipinski definition) is 12. The lowest BCUT2D eigenvalue weighted by Crippen LogP contribution is -2.66. The summed E-state index contributed by atoms with van der Waals surface area (Å²) in [5, 5.41) is 121. The van der Waals surface area contributed by atoms with E-state index in [1.807, 2.05) is 0 Å². The number of hydrogen-bond acceptors (Lipinski definition) is 18. The Bertz CT molecular complexity index is 1970. The largest absolute Gasteiger partial charge is 0.394 e. The second-order valence-electron chi connectivity index (χ2n) is 27.4. The Morgan fingerprint density at radius 2 is 0.719 bits per heavy atom. The molecule has 19 nitrogen and oxygen atoms in total. The van der Waals surface area contributed by atoms with E-state index in [4.69, 9.17) is 28.4 Å². The third-order valence-electron chi connectivity index (χ3n) is 19.1. The monoisotopic (exact) mass is 1370 g/mol. The SMILES string of the molecule is CC/C=C\C/C=C\C/C=C\C/C=C\C/C=C\CCCCCCCCCCCC(=O)NC(COC1OC(CO)C(OC2OC(CO)C(OC3OC(CO)C(O)C(O)C3O)C(O)C2O)C(O)C1O)C(O)CCCCCCCCCCCCCCCCCCCCCCCCCCCC. The third-order valence-corrected chi connectivity index (χ3v) is 19.1. The van der Waals surface area contributed by atoms with Crippen LogP contribution in [0.2, 0.25) is 0 Å². The van der Waals surface area contributed by atoms with Crippen LogP contribution in [0.3, 0.4) is 0 Å². The number of aliphatic hydroxyl groups is 11. The van der Waals surface area contributed by atoms with Gasteiger partial charge in [0, 0.05) is 6.42 Å². The van der Waals surface area contributed by atoms with E-state index in [1.54, 1.807) is 0 Å². The Morgan fingerprint density at radius 1 is 0.385 bits per heavy atom. The summed E-state index contributed by atoms with van der Waals surface area (Å²) in [4.78, 5) is 13.5. The van der Waals surface area contributed by atoms with Crippen LogP contribution in [0.15, 0.2) is 60.8 Å². The van der Waals surface area contributed by atoms with E-state index in [9.17, 15) is 61.0 Å². The number of nitrogens with one attached hydrogen (secondary N) is 1. The van der Waals surface area contributed by atoms with Gasteiger partial charge in [-0.05, 0) is 57.8 Å². The first-order chi connectivity index (χ1) is 46.8. The average molecular weight is 1370 g/mol. The molecule has 560 valence electrons. The van der Waals surface area contributed by atoms with E-state index in [1.165, 1.54) is 167 Å². The zero-order chi connectivity index (χ0) is 69.6. The normalized spacial score (nSPS) is 27.4. The number of amides is 1. The first-order valence-electron chi connectivity index (χ1n) is 38.5. The molecular formula is C77H139NO18. The molecule has 17 unspecified atom stereocenters. The van der Waals surface area contributed by atoms with Gasteiger partial charge in [0.05, 0.1) is 38.6 Å². The van der Waals surface area contributed by atoms with E-state index in [-0.39, 0.29) is 18.9 Å². The van der Waals surface area contributed by atoms with Gasteiger partial charge in [0.15, 0.2) is 18.9 Å². The van der Waals surface area contributed by atoms with E-state index < -0.39 is 124 Å². The second-order valence-corrected chi connectivity index (χ2v) is 27.4. The van der Waals surface area contributed by atoms with Gasteiger partial charge in [-0.25, -0.2) is 0 Å². The van der Waals surface area contributed by atoms with Gasteiger partial charge in [0.25, 0.3) is 0 Å². The van der Waals surface area contributed by atoms with Gasteiger partial charge in [0.2, 0.25) is 5.91 Å². The van der Waals surface area contributed by atoms with Gasteiger partial charge in [-0.15, -0.1) is 0 Å². The molecule has 0 saturated carbocycles. The molecule has 96 heavy (non-hydrogen) atoms. The van der Waals surface area contributed by atoms with Crippen molar-refractivity contribution in [3.63, 3.8) is 0 Å². The zero-order valence-corrected chi connectivity index (χ0v) is 59.6. The molecule has 0 bridgehead atoms. The van der Waals surface area contributed by atoms with Crippen LogP contribution in [0.4, 0.5) is 0 Å². The van der Waals surface area contributed by atoms with Crippen LogP contribution in [-0.4, -0.2) is 193 Å². The smallest absolute Gasteiger partial charge is 0.220 e. The lowest BCUT2D eigenvalue weighted by molar-refractivity contribution is -0.379. The number of ether oxygens (including phenoxy) is 6. The summed E-state index contributed by atoms with van der Waals surface area (Å²) >= 11 is 0. The first-order valence-corrected chi connectivity index (χ1v) is 38.5. The van der Waals surface area contributed by atoms with Crippen molar-refractivity contribution in [3.8, 4) is 0 Å². The van der Waals surface area contributed by atoms with Crippen molar-refractivity contribution in [1.82, 2.24) is 5.32 Å². The van der Waals surface area contributed by atoms with Crippen molar-refractivity contribution in [1.29, 1.82) is 0 Å². The summed E-state index contributed by atoms with van der Waals surface area (Å²) in [6, 6.07) is -0.895. The Labute approximate surface area is 579 Å². The average Bonchev–Trinajstić information content (AvgIpc) is 0.788. The Morgan fingerprint density at radius 3 is 1.12 bits per heavy atom. The third kappa shape index (κ3) is 38.5. The fraction of sp³-hybridized carbons (Fsp3) is 0.857. The van der Waals surface area contributed by atoms with Gasteiger partial charge in [-0.1, -0.05) is 286 Å². The molecule has 0 aromatic carbocycles. The van der Waals surface area contributed by atoms with Crippen molar-refractivity contribution in [3.05, 3.63) is 60.8 Å². The molecule has 3 aliphatic heterocycles. The van der Waals surface area contributed by atoms with E-state index in [0.29, 0.717) is 12.8 Å². The summed E-state index contributed by atoms with van der Waals surface area (Å²) in [5.74, 6) is -0.248. The summed E-state index contributed by atoms with van der Waals surface area (Å²) < 4.78 is 34.5. The lowest BCUT2D eigenvalue weighted by Gasteiger charge is -2.48. The summed E-state index contributed by atoms with van der Waals surface area (Å²) in [7, 11) is 0. The Balaban J connectivity index is 1.40. The van der Waals surface area contributed by atoms with Gasteiger partial charge in [-0.3, -0.25) is 4.79 Å². The van der Waals surface area contributed by atoms with Crippen molar-refractivity contribution < 1.29 is 89.4 Å². The fourth-order valence-corrected chi connectivity index (χ4v) is 12.9. The number of carbonyl (C=O) groups excluding carboxylic acids is 1. The number of unbranched alkanes of at least 4 members (excludes halogenated alkanes) is 34.